The fourth-order valence-electron chi connectivity index (χ4n) is 3.01. The first-order valence-electron chi connectivity index (χ1n) is 5.68. The lowest BCUT2D eigenvalue weighted by Gasteiger charge is -2.44. The number of alkyl halides is 1. The number of carbonyl (C=O) groups is 1. The van der Waals surface area contributed by atoms with Crippen molar-refractivity contribution in [1.29, 1.82) is 0 Å². The molecular formula is C11H18BrNO. The maximum atomic E-state index is 11.7. The normalized spacial score (nSPS) is 32.5. The number of hydrogen-bond donors (Lipinski definition) is 0. The predicted molar refractivity (Wildman–Crippen MR) is 60.5 cm³/mol. The Hall–Kier alpha value is -0.0500. The fraction of sp³-hybridized carbons (Fsp3) is 0.909. The maximum Gasteiger partial charge on any atom is 0.233 e. The van der Waals surface area contributed by atoms with Gasteiger partial charge in [-0.15, -0.1) is 0 Å². The van der Waals surface area contributed by atoms with Crippen LogP contribution in [0.2, 0.25) is 0 Å². The van der Waals surface area contributed by atoms with E-state index in [4.69, 9.17) is 0 Å². The number of carbonyl (C=O) groups excluding carboxylic acids is 1. The van der Waals surface area contributed by atoms with Gasteiger partial charge in [0.25, 0.3) is 0 Å². The van der Waals surface area contributed by atoms with Crippen molar-refractivity contribution in [1.82, 2.24) is 4.90 Å². The van der Waals surface area contributed by atoms with E-state index in [1.165, 1.54) is 38.5 Å². The van der Waals surface area contributed by atoms with Gasteiger partial charge in [0.05, 0.1) is 5.33 Å². The van der Waals surface area contributed by atoms with E-state index in [0.29, 0.717) is 17.3 Å². The largest absolute Gasteiger partial charge is 0.339 e. The number of fused-ring (bicyclic) bond motifs is 1. The number of amides is 1. The van der Waals surface area contributed by atoms with Crippen LogP contribution >= 0.6 is 15.9 Å². The number of rotatable bonds is 1. The van der Waals surface area contributed by atoms with Gasteiger partial charge < -0.3 is 4.90 Å². The van der Waals surface area contributed by atoms with E-state index in [-0.39, 0.29) is 0 Å². The van der Waals surface area contributed by atoms with E-state index in [1.807, 2.05) is 0 Å². The standard InChI is InChI=1S/C11H18BrNO/c12-8-11(14)13-7-3-5-9-4-1-2-6-10(9)13/h9-10H,1-8H2/t9-,10-/m1/s1. The molecule has 0 spiro atoms. The highest BCUT2D eigenvalue weighted by Gasteiger charge is 2.34. The molecule has 0 N–H and O–H groups in total. The van der Waals surface area contributed by atoms with Crippen LogP contribution in [0.1, 0.15) is 38.5 Å². The topological polar surface area (TPSA) is 20.3 Å². The Morgan fingerprint density at radius 2 is 1.93 bits per heavy atom. The number of halogens is 1. The van der Waals surface area contributed by atoms with Crippen molar-refractivity contribution < 1.29 is 4.79 Å². The van der Waals surface area contributed by atoms with Crippen molar-refractivity contribution in [3.8, 4) is 0 Å². The minimum atomic E-state index is 0.293. The third kappa shape index (κ3) is 1.97. The van der Waals surface area contributed by atoms with Gasteiger partial charge in [-0.2, -0.15) is 0 Å². The van der Waals surface area contributed by atoms with Gasteiger partial charge in [0.15, 0.2) is 0 Å². The summed E-state index contributed by atoms with van der Waals surface area (Å²) in [5.41, 5.74) is 0. The summed E-state index contributed by atoms with van der Waals surface area (Å²) in [4.78, 5) is 13.8. The first kappa shape index (κ1) is 10.5. The molecule has 14 heavy (non-hydrogen) atoms. The smallest absolute Gasteiger partial charge is 0.233 e. The highest BCUT2D eigenvalue weighted by Crippen LogP contribution is 2.35. The molecule has 1 amide bonds. The molecule has 2 nitrogen and oxygen atoms in total. The highest BCUT2D eigenvalue weighted by molar-refractivity contribution is 9.09. The van der Waals surface area contributed by atoms with Crippen LogP contribution in [0.4, 0.5) is 0 Å². The van der Waals surface area contributed by atoms with Gasteiger partial charge in [-0.3, -0.25) is 4.79 Å². The number of piperidine rings is 1. The molecule has 1 saturated carbocycles. The average Bonchev–Trinajstić information content (AvgIpc) is 2.27. The second-order valence-electron chi connectivity index (χ2n) is 4.47. The summed E-state index contributed by atoms with van der Waals surface area (Å²) >= 11 is 3.28. The van der Waals surface area contributed by atoms with Crippen LogP contribution in [0.25, 0.3) is 0 Å². The Kier molecular flexibility index (Phi) is 3.47. The molecule has 0 aromatic rings. The Labute approximate surface area is 94.2 Å². The third-order valence-corrected chi connectivity index (χ3v) is 4.16. The Bertz CT molecular complexity index is 217. The van der Waals surface area contributed by atoms with Crippen LogP contribution in [0.5, 0.6) is 0 Å². The molecule has 2 rings (SSSR count). The van der Waals surface area contributed by atoms with Crippen molar-refractivity contribution in [2.75, 3.05) is 11.9 Å². The van der Waals surface area contributed by atoms with Gasteiger partial charge in [0.1, 0.15) is 0 Å². The van der Waals surface area contributed by atoms with Crippen LogP contribution in [-0.2, 0) is 4.79 Å². The van der Waals surface area contributed by atoms with Gasteiger partial charge in [-0.05, 0) is 31.6 Å². The van der Waals surface area contributed by atoms with Crippen molar-refractivity contribution in [2.24, 2.45) is 5.92 Å². The zero-order chi connectivity index (χ0) is 9.97. The summed E-state index contributed by atoms with van der Waals surface area (Å²) in [7, 11) is 0. The molecule has 2 atom stereocenters. The second kappa shape index (κ2) is 4.65. The summed E-state index contributed by atoms with van der Waals surface area (Å²) in [5, 5.41) is 0.496. The van der Waals surface area contributed by atoms with Crippen LogP contribution in [-0.4, -0.2) is 28.7 Å². The van der Waals surface area contributed by atoms with Crippen LogP contribution in [0.3, 0.4) is 0 Å². The number of likely N-dealkylation sites (tertiary alicyclic amines) is 1. The minimum Gasteiger partial charge on any atom is -0.339 e. The minimum absolute atomic E-state index is 0.293. The highest BCUT2D eigenvalue weighted by atomic mass is 79.9. The van der Waals surface area contributed by atoms with E-state index < -0.39 is 0 Å². The molecule has 3 heteroatoms. The summed E-state index contributed by atoms with van der Waals surface area (Å²) in [6.07, 6.45) is 7.82. The molecule has 1 aliphatic heterocycles. The molecule has 1 saturated heterocycles. The van der Waals surface area contributed by atoms with Gasteiger partial charge in [-0.1, -0.05) is 28.8 Å². The monoisotopic (exact) mass is 259 g/mol. The SMILES string of the molecule is O=C(CBr)N1CCC[C@H]2CCCC[C@H]21. The van der Waals surface area contributed by atoms with Crippen LogP contribution in [0.15, 0.2) is 0 Å². The molecular weight excluding hydrogens is 242 g/mol. The van der Waals surface area contributed by atoms with Crippen molar-refractivity contribution >= 4 is 21.8 Å². The van der Waals surface area contributed by atoms with E-state index in [0.717, 1.165) is 12.5 Å². The predicted octanol–water partition coefficient (Wildman–Crippen LogP) is 2.56. The van der Waals surface area contributed by atoms with E-state index >= 15 is 0 Å². The summed E-state index contributed by atoms with van der Waals surface area (Å²) in [6, 6.07) is 0.572. The Morgan fingerprint density at radius 1 is 1.21 bits per heavy atom. The molecule has 1 aliphatic carbocycles. The molecule has 0 unspecified atom stereocenters. The van der Waals surface area contributed by atoms with E-state index in [1.54, 1.807) is 0 Å². The molecule has 2 aliphatic rings. The second-order valence-corrected chi connectivity index (χ2v) is 5.04. The molecule has 2 fully saturated rings. The molecule has 0 aromatic heterocycles. The van der Waals surface area contributed by atoms with Gasteiger partial charge in [0.2, 0.25) is 5.91 Å². The lowest BCUT2D eigenvalue weighted by atomic mass is 9.78. The van der Waals surface area contributed by atoms with Gasteiger partial charge >= 0.3 is 0 Å². The third-order valence-electron chi connectivity index (χ3n) is 3.68. The zero-order valence-electron chi connectivity index (χ0n) is 8.54. The molecule has 0 bridgehead atoms. The number of nitrogens with zero attached hydrogens (tertiary/aromatic N) is 1. The van der Waals surface area contributed by atoms with Crippen molar-refractivity contribution in [3.63, 3.8) is 0 Å². The fourth-order valence-corrected chi connectivity index (χ4v) is 3.33. The summed E-state index contributed by atoms with van der Waals surface area (Å²) in [6.45, 7) is 0.992. The molecule has 0 radical (unpaired) electrons. The van der Waals surface area contributed by atoms with E-state index in [9.17, 15) is 4.79 Å². The van der Waals surface area contributed by atoms with Crippen molar-refractivity contribution in [2.45, 2.75) is 44.6 Å². The molecule has 80 valence electrons. The number of hydrogen-bond acceptors (Lipinski definition) is 1. The lowest BCUT2D eigenvalue weighted by Crippen LogP contribution is -2.50. The molecule has 1 heterocycles. The van der Waals surface area contributed by atoms with Crippen LogP contribution < -0.4 is 0 Å². The van der Waals surface area contributed by atoms with Crippen molar-refractivity contribution in [3.05, 3.63) is 0 Å². The van der Waals surface area contributed by atoms with Gasteiger partial charge in [-0.25, -0.2) is 0 Å². The lowest BCUT2D eigenvalue weighted by molar-refractivity contribution is -0.134. The van der Waals surface area contributed by atoms with Gasteiger partial charge in [0, 0.05) is 12.6 Å². The molecule has 0 aromatic carbocycles. The summed E-state index contributed by atoms with van der Waals surface area (Å²) < 4.78 is 0. The average molecular weight is 260 g/mol. The first-order chi connectivity index (χ1) is 6.83. The zero-order valence-corrected chi connectivity index (χ0v) is 10.1. The Morgan fingerprint density at radius 3 is 2.71 bits per heavy atom. The quantitative estimate of drug-likeness (QED) is 0.663. The summed E-state index contributed by atoms with van der Waals surface area (Å²) in [5.74, 6) is 1.10. The van der Waals surface area contributed by atoms with Crippen LogP contribution in [0, 0.1) is 5.92 Å². The van der Waals surface area contributed by atoms with E-state index in [2.05, 4.69) is 20.8 Å². The first-order valence-corrected chi connectivity index (χ1v) is 6.80. The maximum absolute atomic E-state index is 11.7. The Balaban J connectivity index is 2.04.